The second kappa shape index (κ2) is 6.29. The van der Waals surface area contributed by atoms with E-state index in [9.17, 15) is 14.9 Å². The molecule has 0 amide bonds. The molecule has 0 radical (unpaired) electrons. The molecule has 1 aliphatic rings. The molecule has 1 aliphatic heterocycles. The van der Waals surface area contributed by atoms with Gasteiger partial charge in [0, 0.05) is 32.0 Å². The first kappa shape index (κ1) is 14.2. The molecule has 1 fully saturated rings. The van der Waals surface area contributed by atoms with Crippen molar-refractivity contribution in [2.24, 2.45) is 5.92 Å². The zero-order valence-electron chi connectivity index (χ0n) is 10.7. The second-order valence-electron chi connectivity index (χ2n) is 4.59. The molecule has 8 heteroatoms. The Morgan fingerprint density at radius 2 is 2.25 bits per heavy atom. The van der Waals surface area contributed by atoms with Gasteiger partial charge in [0.15, 0.2) is 0 Å². The van der Waals surface area contributed by atoms with E-state index < -0.39 is 10.9 Å². The fourth-order valence-electron chi connectivity index (χ4n) is 2.04. The maximum absolute atomic E-state index is 11.0. The first-order valence-electron chi connectivity index (χ1n) is 6.27. The van der Waals surface area contributed by atoms with E-state index in [1.165, 1.54) is 0 Å². The second-order valence-corrected chi connectivity index (χ2v) is 4.59. The normalized spacial score (nSPS) is 15.8. The summed E-state index contributed by atoms with van der Waals surface area (Å²) in [6.45, 7) is 1.95. The number of hydrogen-bond donors (Lipinski definition) is 2. The van der Waals surface area contributed by atoms with E-state index in [-0.39, 0.29) is 17.1 Å². The summed E-state index contributed by atoms with van der Waals surface area (Å²) in [5.41, 5.74) is -0.523. The summed E-state index contributed by atoms with van der Waals surface area (Å²) < 4.78 is 5.24. The molecule has 0 saturated carbocycles. The lowest BCUT2D eigenvalue weighted by Crippen LogP contribution is -2.23. The maximum Gasteiger partial charge on any atom is 0.337 e. The molecule has 2 N–H and O–H groups in total. The molecular formula is C12H15N3O5. The molecule has 1 aromatic rings. The molecule has 0 unspecified atom stereocenters. The van der Waals surface area contributed by atoms with E-state index >= 15 is 0 Å². The summed E-state index contributed by atoms with van der Waals surface area (Å²) in [6.07, 6.45) is 2.91. The Labute approximate surface area is 114 Å². The largest absolute Gasteiger partial charge is 0.478 e. The van der Waals surface area contributed by atoms with Crippen molar-refractivity contribution in [1.82, 2.24) is 4.98 Å². The van der Waals surface area contributed by atoms with Crippen molar-refractivity contribution in [1.29, 1.82) is 0 Å². The average Bonchev–Trinajstić information content (AvgIpc) is 2.45. The van der Waals surface area contributed by atoms with Crippen LogP contribution in [0.5, 0.6) is 0 Å². The van der Waals surface area contributed by atoms with Crippen LogP contribution in [0.1, 0.15) is 23.2 Å². The minimum Gasteiger partial charge on any atom is -0.478 e. The lowest BCUT2D eigenvalue weighted by molar-refractivity contribution is -0.384. The molecule has 0 bridgehead atoms. The van der Waals surface area contributed by atoms with Gasteiger partial charge in [-0.15, -0.1) is 0 Å². The van der Waals surface area contributed by atoms with E-state index in [0.29, 0.717) is 25.7 Å². The number of aromatic carboxylic acids is 1. The Bertz CT molecular complexity index is 514. The van der Waals surface area contributed by atoms with E-state index in [1.54, 1.807) is 0 Å². The minimum atomic E-state index is -1.24. The number of aromatic nitrogens is 1. The molecule has 2 rings (SSSR count). The van der Waals surface area contributed by atoms with Gasteiger partial charge in [0.25, 0.3) is 0 Å². The molecule has 8 nitrogen and oxygen atoms in total. The monoisotopic (exact) mass is 281 g/mol. The van der Waals surface area contributed by atoms with Crippen molar-refractivity contribution in [3.63, 3.8) is 0 Å². The van der Waals surface area contributed by atoms with E-state index in [0.717, 1.165) is 25.1 Å². The quantitative estimate of drug-likeness (QED) is 0.621. The third kappa shape index (κ3) is 3.41. The van der Waals surface area contributed by atoms with Gasteiger partial charge < -0.3 is 15.2 Å². The fraction of sp³-hybridized carbons (Fsp3) is 0.500. The number of nitrogens with one attached hydrogen (secondary N) is 1. The SMILES string of the molecule is O=C(O)c1cnc(NCC2CCOCC2)c([N+](=O)[O-])c1. The van der Waals surface area contributed by atoms with Crippen LogP contribution in [0.4, 0.5) is 11.5 Å². The van der Waals surface area contributed by atoms with Gasteiger partial charge in [-0.2, -0.15) is 0 Å². The van der Waals surface area contributed by atoms with Crippen LogP contribution in [0, 0.1) is 16.0 Å². The average molecular weight is 281 g/mol. The van der Waals surface area contributed by atoms with Crippen molar-refractivity contribution in [2.75, 3.05) is 25.1 Å². The van der Waals surface area contributed by atoms with E-state index in [2.05, 4.69) is 10.3 Å². The third-order valence-electron chi connectivity index (χ3n) is 3.21. The van der Waals surface area contributed by atoms with Crippen LogP contribution < -0.4 is 5.32 Å². The summed E-state index contributed by atoms with van der Waals surface area (Å²) in [4.78, 5) is 25.0. The summed E-state index contributed by atoms with van der Waals surface area (Å²) in [6, 6.07) is 1.02. The van der Waals surface area contributed by atoms with Crippen LogP contribution in [0.25, 0.3) is 0 Å². The topological polar surface area (TPSA) is 115 Å². The highest BCUT2D eigenvalue weighted by Crippen LogP contribution is 2.24. The van der Waals surface area contributed by atoms with Gasteiger partial charge >= 0.3 is 11.7 Å². The lowest BCUT2D eigenvalue weighted by Gasteiger charge is -2.22. The van der Waals surface area contributed by atoms with E-state index in [1.807, 2.05) is 0 Å². The van der Waals surface area contributed by atoms with Gasteiger partial charge in [0.2, 0.25) is 5.82 Å². The number of pyridine rings is 1. The van der Waals surface area contributed by atoms with Crippen molar-refractivity contribution < 1.29 is 19.6 Å². The zero-order chi connectivity index (χ0) is 14.5. The Kier molecular flexibility index (Phi) is 4.46. The number of nitrogens with zero attached hydrogens (tertiary/aromatic N) is 2. The molecule has 108 valence electrons. The highest BCUT2D eigenvalue weighted by molar-refractivity contribution is 5.88. The summed E-state index contributed by atoms with van der Waals surface area (Å²) in [5.74, 6) is -0.757. The smallest absolute Gasteiger partial charge is 0.337 e. The Hall–Kier alpha value is -2.22. The molecule has 0 spiro atoms. The minimum absolute atomic E-state index is 0.103. The van der Waals surface area contributed by atoms with Crippen molar-refractivity contribution >= 4 is 17.5 Å². The van der Waals surface area contributed by atoms with Gasteiger partial charge in [-0.3, -0.25) is 10.1 Å². The van der Waals surface area contributed by atoms with Crippen molar-refractivity contribution in [2.45, 2.75) is 12.8 Å². The van der Waals surface area contributed by atoms with Crippen LogP contribution in [0.2, 0.25) is 0 Å². The number of ether oxygens (including phenoxy) is 1. The Balaban J connectivity index is 2.09. The number of nitro groups is 1. The maximum atomic E-state index is 11.0. The van der Waals surface area contributed by atoms with Crippen LogP contribution in [0.3, 0.4) is 0 Å². The van der Waals surface area contributed by atoms with Gasteiger partial charge in [-0.1, -0.05) is 0 Å². The number of carboxylic acids is 1. The summed E-state index contributed by atoms with van der Waals surface area (Å²) >= 11 is 0. The molecule has 0 aliphatic carbocycles. The zero-order valence-corrected chi connectivity index (χ0v) is 10.7. The number of rotatable bonds is 5. The van der Waals surface area contributed by atoms with Crippen LogP contribution >= 0.6 is 0 Å². The van der Waals surface area contributed by atoms with Crippen LogP contribution in [-0.2, 0) is 4.74 Å². The number of carboxylic acid groups (broad SMARTS) is 1. The van der Waals surface area contributed by atoms with Crippen LogP contribution in [0.15, 0.2) is 12.3 Å². The molecule has 2 heterocycles. The standard InChI is InChI=1S/C12H15N3O5/c16-12(17)9-5-10(15(18)19)11(14-7-9)13-6-8-1-3-20-4-2-8/h5,7-8H,1-4,6H2,(H,13,14)(H,16,17). The summed E-state index contributed by atoms with van der Waals surface area (Å²) in [5, 5.41) is 22.7. The highest BCUT2D eigenvalue weighted by Gasteiger charge is 2.20. The highest BCUT2D eigenvalue weighted by atomic mass is 16.6. The molecular weight excluding hydrogens is 266 g/mol. The van der Waals surface area contributed by atoms with Crippen LogP contribution in [-0.4, -0.2) is 40.7 Å². The fourth-order valence-corrected chi connectivity index (χ4v) is 2.04. The number of hydrogen-bond acceptors (Lipinski definition) is 6. The van der Waals surface area contributed by atoms with E-state index in [4.69, 9.17) is 9.84 Å². The number of anilines is 1. The first-order chi connectivity index (χ1) is 9.58. The van der Waals surface area contributed by atoms with Crippen molar-refractivity contribution in [3.8, 4) is 0 Å². The summed E-state index contributed by atoms with van der Waals surface area (Å²) in [7, 11) is 0. The Morgan fingerprint density at radius 3 is 2.85 bits per heavy atom. The van der Waals surface area contributed by atoms with Crippen molar-refractivity contribution in [3.05, 3.63) is 27.9 Å². The van der Waals surface area contributed by atoms with Gasteiger partial charge in [0.05, 0.1) is 10.5 Å². The number of carbonyl (C=O) groups is 1. The van der Waals surface area contributed by atoms with Gasteiger partial charge in [0.1, 0.15) is 0 Å². The van der Waals surface area contributed by atoms with Gasteiger partial charge in [-0.25, -0.2) is 9.78 Å². The Morgan fingerprint density at radius 1 is 1.55 bits per heavy atom. The first-order valence-corrected chi connectivity index (χ1v) is 6.27. The predicted molar refractivity (Wildman–Crippen MR) is 69.9 cm³/mol. The molecule has 20 heavy (non-hydrogen) atoms. The molecule has 1 saturated heterocycles. The third-order valence-corrected chi connectivity index (χ3v) is 3.21. The predicted octanol–water partition coefficient (Wildman–Crippen LogP) is 1.53. The molecule has 1 aromatic heterocycles. The van der Waals surface area contributed by atoms with Gasteiger partial charge in [-0.05, 0) is 18.8 Å². The lowest BCUT2D eigenvalue weighted by atomic mass is 10.0. The molecule has 0 aromatic carbocycles. The molecule has 0 atom stereocenters.